The Kier molecular flexibility index (Phi) is 7.29. The highest BCUT2D eigenvalue weighted by atomic mass is 16.5. The van der Waals surface area contributed by atoms with E-state index in [4.69, 9.17) is 9.84 Å². The number of hydrogen-bond donors (Lipinski definition) is 3. The van der Waals surface area contributed by atoms with E-state index in [2.05, 4.69) is 10.6 Å². The maximum absolute atomic E-state index is 11.6. The van der Waals surface area contributed by atoms with Crippen molar-refractivity contribution in [2.75, 3.05) is 13.7 Å². The van der Waals surface area contributed by atoms with E-state index < -0.39 is 18.0 Å². The van der Waals surface area contributed by atoms with Crippen molar-refractivity contribution >= 4 is 12.0 Å². The summed E-state index contributed by atoms with van der Waals surface area (Å²) in [6.07, 6.45) is 0.799. The maximum Gasteiger partial charge on any atom is 0.328 e. The Hall–Kier alpha value is -1.30. The Labute approximate surface area is 102 Å². The van der Waals surface area contributed by atoms with Gasteiger partial charge < -0.3 is 20.5 Å². The van der Waals surface area contributed by atoms with E-state index in [-0.39, 0.29) is 12.6 Å². The molecule has 0 saturated carbocycles. The fourth-order valence-electron chi connectivity index (χ4n) is 1.45. The van der Waals surface area contributed by atoms with Gasteiger partial charge in [-0.1, -0.05) is 20.8 Å². The lowest BCUT2D eigenvalue weighted by atomic mass is 10.0. The molecule has 2 unspecified atom stereocenters. The molecule has 0 saturated heterocycles. The second kappa shape index (κ2) is 7.89. The molecule has 0 spiro atoms. The average molecular weight is 246 g/mol. The van der Waals surface area contributed by atoms with Gasteiger partial charge >= 0.3 is 12.0 Å². The molecule has 6 heteroatoms. The molecule has 0 fully saturated rings. The van der Waals surface area contributed by atoms with Crippen LogP contribution in [-0.4, -0.2) is 42.9 Å². The van der Waals surface area contributed by atoms with Gasteiger partial charge in [0, 0.05) is 13.2 Å². The first-order chi connectivity index (χ1) is 7.92. The molecule has 0 heterocycles. The SMILES string of the molecule is CCC(NC(=O)NC(COC)C(=O)O)C(C)C. The number of hydrogen-bond acceptors (Lipinski definition) is 3. The van der Waals surface area contributed by atoms with Crippen LogP contribution in [0.5, 0.6) is 0 Å². The van der Waals surface area contributed by atoms with Gasteiger partial charge in [-0.05, 0) is 12.3 Å². The van der Waals surface area contributed by atoms with Crippen molar-refractivity contribution in [2.24, 2.45) is 5.92 Å². The highest BCUT2D eigenvalue weighted by molar-refractivity contribution is 5.82. The molecule has 0 aromatic heterocycles. The molecule has 0 aliphatic carbocycles. The molecule has 0 rings (SSSR count). The van der Waals surface area contributed by atoms with Crippen molar-refractivity contribution in [3.8, 4) is 0 Å². The quantitative estimate of drug-likeness (QED) is 0.620. The third-order valence-electron chi connectivity index (χ3n) is 2.50. The zero-order valence-corrected chi connectivity index (χ0v) is 10.8. The normalized spacial score (nSPS) is 14.2. The maximum atomic E-state index is 11.6. The van der Waals surface area contributed by atoms with E-state index in [0.717, 1.165) is 6.42 Å². The van der Waals surface area contributed by atoms with Crippen molar-refractivity contribution in [3.63, 3.8) is 0 Å². The van der Waals surface area contributed by atoms with Crippen LogP contribution in [0.15, 0.2) is 0 Å². The van der Waals surface area contributed by atoms with Crippen LogP contribution in [0, 0.1) is 5.92 Å². The smallest absolute Gasteiger partial charge is 0.328 e. The van der Waals surface area contributed by atoms with E-state index in [1.165, 1.54) is 7.11 Å². The van der Waals surface area contributed by atoms with Crippen LogP contribution in [0.25, 0.3) is 0 Å². The molecule has 17 heavy (non-hydrogen) atoms. The predicted molar refractivity (Wildman–Crippen MR) is 63.9 cm³/mol. The Bertz CT molecular complexity index is 256. The number of urea groups is 1. The first kappa shape index (κ1) is 15.7. The lowest BCUT2D eigenvalue weighted by Gasteiger charge is -2.22. The van der Waals surface area contributed by atoms with Crippen LogP contribution in [0.4, 0.5) is 4.79 Å². The van der Waals surface area contributed by atoms with E-state index in [1.807, 2.05) is 20.8 Å². The summed E-state index contributed by atoms with van der Waals surface area (Å²) in [5.74, 6) is -0.809. The lowest BCUT2D eigenvalue weighted by Crippen LogP contribution is -2.51. The van der Waals surface area contributed by atoms with Gasteiger partial charge in [0.1, 0.15) is 0 Å². The van der Waals surface area contributed by atoms with Gasteiger partial charge in [-0.2, -0.15) is 0 Å². The Morgan fingerprint density at radius 2 is 1.88 bits per heavy atom. The van der Waals surface area contributed by atoms with Crippen LogP contribution >= 0.6 is 0 Å². The zero-order valence-electron chi connectivity index (χ0n) is 10.8. The van der Waals surface area contributed by atoms with Gasteiger partial charge in [0.15, 0.2) is 6.04 Å². The third-order valence-corrected chi connectivity index (χ3v) is 2.50. The molecule has 100 valence electrons. The summed E-state index contributed by atoms with van der Waals surface area (Å²) >= 11 is 0. The van der Waals surface area contributed by atoms with Crippen LogP contribution in [0.2, 0.25) is 0 Å². The molecular formula is C11H22N2O4. The van der Waals surface area contributed by atoms with Crippen molar-refractivity contribution in [3.05, 3.63) is 0 Å². The molecule has 0 radical (unpaired) electrons. The number of carboxylic acid groups (broad SMARTS) is 1. The standard InChI is InChI=1S/C11H22N2O4/c1-5-8(7(2)3)12-11(16)13-9(6-17-4)10(14)15/h7-9H,5-6H2,1-4H3,(H,14,15)(H2,12,13,16). The highest BCUT2D eigenvalue weighted by Crippen LogP contribution is 2.04. The number of carbonyl (C=O) groups is 2. The summed E-state index contributed by atoms with van der Waals surface area (Å²) in [4.78, 5) is 22.4. The second-order valence-electron chi connectivity index (χ2n) is 4.22. The van der Waals surface area contributed by atoms with E-state index in [1.54, 1.807) is 0 Å². The molecule has 6 nitrogen and oxygen atoms in total. The number of carbonyl (C=O) groups excluding carboxylic acids is 1. The number of rotatable bonds is 7. The molecule has 3 N–H and O–H groups in total. The number of nitrogens with one attached hydrogen (secondary N) is 2. The Morgan fingerprint density at radius 1 is 1.29 bits per heavy atom. The molecule has 2 atom stereocenters. The minimum Gasteiger partial charge on any atom is -0.480 e. The number of amides is 2. The van der Waals surface area contributed by atoms with Crippen LogP contribution < -0.4 is 10.6 Å². The first-order valence-electron chi connectivity index (χ1n) is 5.71. The minimum absolute atomic E-state index is 0.0342. The van der Waals surface area contributed by atoms with Gasteiger partial charge in [-0.3, -0.25) is 0 Å². The molecule has 2 amide bonds. The Morgan fingerprint density at radius 3 is 2.24 bits per heavy atom. The first-order valence-corrected chi connectivity index (χ1v) is 5.71. The predicted octanol–water partition coefficient (Wildman–Crippen LogP) is 0.820. The topological polar surface area (TPSA) is 87.7 Å². The summed E-state index contributed by atoms with van der Waals surface area (Å²) < 4.78 is 4.72. The number of aliphatic carboxylic acids is 1. The fourth-order valence-corrected chi connectivity index (χ4v) is 1.45. The summed E-state index contributed by atoms with van der Waals surface area (Å²) in [7, 11) is 1.39. The van der Waals surface area contributed by atoms with Crippen LogP contribution in [0.3, 0.4) is 0 Å². The van der Waals surface area contributed by atoms with Crippen molar-refractivity contribution in [1.82, 2.24) is 10.6 Å². The van der Waals surface area contributed by atoms with Crippen LogP contribution in [-0.2, 0) is 9.53 Å². The molecule has 0 bridgehead atoms. The molecular weight excluding hydrogens is 224 g/mol. The van der Waals surface area contributed by atoms with Gasteiger partial charge in [0.25, 0.3) is 0 Å². The van der Waals surface area contributed by atoms with Crippen molar-refractivity contribution < 1.29 is 19.4 Å². The Balaban J connectivity index is 4.26. The fraction of sp³-hybridized carbons (Fsp3) is 0.818. The minimum atomic E-state index is -1.11. The summed E-state index contributed by atoms with van der Waals surface area (Å²) in [5.41, 5.74) is 0. The monoisotopic (exact) mass is 246 g/mol. The average Bonchev–Trinajstić information content (AvgIpc) is 2.24. The number of methoxy groups -OCH3 is 1. The summed E-state index contributed by atoms with van der Waals surface area (Å²) in [6.45, 7) is 5.91. The van der Waals surface area contributed by atoms with E-state index >= 15 is 0 Å². The summed E-state index contributed by atoms with van der Waals surface area (Å²) in [5, 5.41) is 13.9. The van der Waals surface area contributed by atoms with Gasteiger partial charge in [-0.25, -0.2) is 9.59 Å². The molecule has 0 aliphatic rings. The largest absolute Gasteiger partial charge is 0.480 e. The molecule has 0 aromatic rings. The van der Waals surface area contributed by atoms with Gasteiger partial charge in [0.2, 0.25) is 0 Å². The second-order valence-corrected chi connectivity index (χ2v) is 4.22. The number of carboxylic acids is 1. The van der Waals surface area contributed by atoms with Gasteiger partial charge in [-0.15, -0.1) is 0 Å². The van der Waals surface area contributed by atoms with E-state index in [9.17, 15) is 9.59 Å². The highest BCUT2D eigenvalue weighted by Gasteiger charge is 2.21. The number of ether oxygens (including phenoxy) is 1. The van der Waals surface area contributed by atoms with Gasteiger partial charge in [0.05, 0.1) is 6.61 Å². The zero-order chi connectivity index (χ0) is 13.4. The summed E-state index contributed by atoms with van der Waals surface area (Å²) in [6, 6.07) is -1.47. The molecule has 0 aliphatic heterocycles. The molecule has 0 aromatic carbocycles. The lowest BCUT2D eigenvalue weighted by molar-refractivity contribution is -0.140. The van der Waals surface area contributed by atoms with E-state index in [0.29, 0.717) is 5.92 Å². The van der Waals surface area contributed by atoms with Crippen molar-refractivity contribution in [2.45, 2.75) is 39.3 Å². The van der Waals surface area contributed by atoms with Crippen molar-refractivity contribution in [1.29, 1.82) is 0 Å². The van der Waals surface area contributed by atoms with Crippen LogP contribution in [0.1, 0.15) is 27.2 Å². The third kappa shape index (κ3) is 6.11.